The predicted octanol–water partition coefficient (Wildman–Crippen LogP) is 3.35. The molecular formula is C16H14N4O2S. The molecule has 2 heterocycles. The van der Waals surface area contributed by atoms with Crippen LogP contribution in [0.3, 0.4) is 0 Å². The largest absolute Gasteiger partial charge is 0.326 e. The van der Waals surface area contributed by atoms with Gasteiger partial charge in [-0.2, -0.15) is 5.10 Å². The number of nitrogens with zero attached hydrogens (tertiary/aromatic N) is 1. The fraction of sp³-hybridized carbons (Fsp3) is 0.0625. The third-order valence-corrected chi connectivity index (χ3v) is 3.98. The van der Waals surface area contributed by atoms with Gasteiger partial charge in [-0.3, -0.25) is 14.7 Å². The predicted molar refractivity (Wildman–Crippen MR) is 90.6 cm³/mol. The van der Waals surface area contributed by atoms with E-state index in [4.69, 9.17) is 0 Å². The molecule has 0 fully saturated rings. The number of aromatic amines is 1. The fourth-order valence-electron chi connectivity index (χ4n) is 2.04. The van der Waals surface area contributed by atoms with E-state index in [0.29, 0.717) is 17.1 Å². The molecule has 23 heavy (non-hydrogen) atoms. The summed E-state index contributed by atoms with van der Waals surface area (Å²) >= 11 is 1.59. The molecule has 0 aliphatic rings. The summed E-state index contributed by atoms with van der Waals surface area (Å²) < 4.78 is 0. The molecule has 0 atom stereocenters. The molecule has 3 aromatic rings. The standard InChI is InChI=1S/C16H14N4O2S/c1-10(21)17-12-6-4-11(5-7-12)16(22)18-15-9-13(19-20-15)14-3-2-8-23-14/h2-9H,1H3,(H,17,21)(H2,18,19,20,22). The van der Waals surface area contributed by atoms with Gasteiger partial charge in [0.2, 0.25) is 5.91 Å². The van der Waals surface area contributed by atoms with Crippen molar-refractivity contribution < 1.29 is 9.59 Å². The fourth-order valence-corrected chi connectivity index (χ4v) is 2.73. The van der Waals surface area contributed by atoms with Gasteiger partial charge in [0.1, 0.15) is 0 Å². The Morgan fingerprint density at radius 3 is 2.57 bits per heavy atom. The molecule has 0 radical (unpaired) electrons. The maximum Gasteiger partial charge on any atom is 0.256 e. The molecule has 0 saturated carbocycles. The number of anilines is 2. The lowest BCUT2D eigenvalue weighted by molar-refractivity contribution is -0.114. The van der Waals surface area contributed by atoms with Crippen LogP contribution in [0.15, 0.2) is 47.8 Å². The Balaban J connectivity index is 1.68. The number of aromatic nitrogens is 2. The third kappa shape index (κ3) is 3.64. The lowest BCUT2D eigenvalue weighted by Crippen LogP contribution is -2.12. The van der Waals surface area contributed by atoms with Gasteiger partial charge in [0, 0.05) is 24.2 Å². The third-order valence-electron chi connectivity index (χ3n) is 3.07. The normalized spacial score (nSPS) is 10.3. The van der Waals surface area contributed by atoms with Crippen molar-refractivity contribution in [2.45, 2.75) is 6.92 Å². The Kier molecular flexibility index (Phi) is 4.20. The molecule has 0 aliphatic carbocycles. The van der Waals surface area contributed by atoms with Gasteiger partial charge >= 0.3 is 0 Å². The smallest absolute Gasteiger partial charge is 0.256 e. The van der Waals surface area contributed by atoms with Crippen LogP contribution in [0.1, 0.15) is 17.3 Å². The van der Waals surface area contributed by atoms with E-state index in [9.17, 15) is 9.59 Å². The van der Waals surface area contributed by atoms with Crippen LogP contribution in [0.25, 0.3) is 10.6 Å². The minimum absolute atomic E-state index is 0.153. The van der Waals surface area contributed by atoms with Crippen molar-refractivity contribution in [2.75, 3.05) is 10.6 Å². The van der Waals surface area contributed by atoms with E-state index in [1.807, 2.05) is 17.5 Å². The number of carbonyl (C=O) groups excluding carboxylic acids is 2. The minimum atomic E-state index is -0.261. The summed E-state index contributed by atoms with van der Waals surface area (Å²) in [4.78, 5) is 24.2. The van der Waals surface area contributed by atoms with E-state index >= 15 is 0 Å². The van der Waals surface area contributed by atoms with Crippen molar-refractivity contribution >= 4 is 34.7 Å². The van der Waals surface area contributed by atoms with Gasteiger partial charge < -0.3 is 10.6 Å². The maximum absolute atomic E-state index is 12.2. The quantitative estimate of drug-likeness (QED) is 0.687. The summed E-state index contributed by atoms with van der Waals surface area (Å²) in [5.74, 6) is 0.0489. The Morgan fingerprint density at radius 1 is 1.13 bits per heavy atom. The average molecular weight is 326 g/mol. The highest BCUT2D eigenvalue weighted by Crippen LogP contribution is 2.24. The SMILES string of the molecule is CC(=O)Nc1ccc(C(=O)Nc2cc(-c3cccs3)[nH]n2)cc1. The summed E-state index contributed by atoms with van der Waals surface area (Å²) in [6.45, 7) is 1.43. The van der Waals surface area contributed by atoms with Gasteiger partial charge in [-0.1, -0.05) is 6.07 Å². The molecule has 3 rings (SSSR count). The molecule has 1 aromatic carbocycles. The first kappa shape index (κ1) is 15.0. The molecule has 2 amide bonds. The highest BCUT2D eigenvalue weighted by Gasteiger charge is 2.10. The first-order valence-electron chi connectivity index (χ1n) is 6.90. The summed E-state index contributed by atoms with van der Waals surface area (Å²) in [5.41, 5.74) is 1.99. The number of H-pyrrole nitrogens is 1. The molecular weight excluding hydrogens is 312 g/mol. The van der Waals surface area contributed by atoms with Crippen LogP contribution < -0.4 is 10.6 Å². The monoisotopic (exact) mass is 326 g/mol. The zero-order valence-corrected chi connectivity index (χ0v) is 13.1. The van der Waals surface area contributed by atoms with Crippen LogP contribution in [-0.4, -0.2) is 22.0 Å². The van der Waals surface area contributed by atoms with Crippen LogP contribution in [0, 0.1) is 0 Å². The van der Waals surface area contributed by atoms with Crippen LogP contribution >= 0.6 is 11.3 Å². The summed E-state index contributed by atoms with van der Waals surface area (Å²) in [6, 6.07) is 12.4. The summed E-state index contributed by atoms with van der Waals surface area (Å²) in [7, 11) is 0. The van der Waals surface area contributed by atoms with Crippen molar-refractivity contribution in [2.24, 2.45) is 0 Å². The number of nitrogens with one attached hydrogen (secondary N) is 3. The molecule has 3 N–H and O–H groups in total. The molecule has 0 unspecified atom stereocenters. The second kappa shape index (κ2) is 6.45. The number of hydrogen-bond acceptors (Lipinski definition) is 4. The van der Waals surface area contributed by atoms with E-state index < -0.39 is 0 Å². The van der Waals surface area contributed by atoms with E-state index in [-0.39, 0.29) is 11.8 Å². The second-order valence-electron chi connectivity index (χ2n) is 4.86. The molecule has 2 aromatic heterocycles. The minimum Gasteiger partial charge on any atom is -0.326 e. The molecule has 0 bridgehead atoms. The van der Waals surface area contributed by atoms with Crippen LogP contribution in [0.5, 0.6) is 0 Å². The average Bonchev–Trinajstić information content (AvgIpc) is 3.18. The second-order valence-corrected chi connectivity index (χ2v) is 5.80. The van der Waals surface area contributed by atoms with Gasteiger partial charge in [0.05, 0.1) is 10.6 Å². The van der Waals surface area contributed by atoms with E-state index in [0.717, 1.165) is 10.6 Å². The van der Waals surface area contributed by atoms with Crippen molar-refractivity contribution in [1.29, 1.82) is 0 Å². The molecule has 7 heteroatoms. The number of carbonyl (C=O) groups is 2. The Bertz CT molecular complexity index is 822. The molecule has 116 valence electrons. The van der Waals surface area contributed by atoms with Gasteiger partial charge in [0.25, 0.3) is 5.91 Å². The van der Waals surface area contributed by atoms with Gasteiger partial charge in [-0.15, -0.1) is 11.3 Å². The Labute approximate surface area is 136 Å². The van der Waals surface area contributed by atoms with E-state index in [2.05, 4.69) is 20.8 Å². The topological polar surface area (TPSA) is 86.9 Å². The summed E-state index contributed by atoms with van der Waals surface area (Å²) in [5, 5.41) is 14.3. The Hall–Kier alpha value is -2.93. The molecule has 6 nitrogen and oxygen atoms in total. The highest BCUT2D eigenvalue weighted by molar-refractivity contribution is 7.13. The zero-order valence-electron chi connectivity index (χ0n) is 12.3. The van der Waals surface area contributed by atoms with Crippen LogP contribution in [0.2, 0.25) is 0 Å². The van der Waals surface area contributed by atoms with Crippen LogP contribution in [0.4, 0.5) is 11.5 Å². The van der Waals surface area contributed by atoms with Crippen molar-refractivity contribution in [3.8, 4) is 10.6 Å². The maximum atomic E-state index is 12.2. The molecule has 0 aliphatic heterocycles. The first-order chi connectivity index (χ1) is 11.1. The highest BCUT2D eigenvalue weighted by atomic mass is 32.1. The van der Waals surface area contributed by atoms with E-state index in [1.165, 1.54) is 6.92 Å². The van der Waals surface area contributed by atoms with Gasteiger partial charge in [-0.25, -0.2) is 0 Å². The van der Waals surface area contributed by atoms with Gasteiger partial charge in [-0.05, 0) is 35.7 Å². The van der Waals surface area contributed by atoms with Crippen LogP contribution in [-0.2, 0) is 4.79 Å². The van der Waals surface area contributed by atoms with Gasteiger partial charge in [0.15, 0.2) is 5.82 Å². The zero-order chi connectivity index (χ0) is 16.2. The lowest BCUT2D eigenvalue weighted by atomic mass is 10.2. The molecule has 0 spiro atoms. The number of rotatable bonds is 4. The van der Waals surface area contributed by atoms with E-state index in [1.54, 1.807) is 41.7 Å². The number of benzene rings is 1. The lowest BCUT2D eigenvalue weighted by Gasteiger charge is -2.04. The number of amides is 2. The number of thiophene rings is 1. The first-order valence-corrected chi connectivity index (χ1v) is 7.78. The Morgan fingerprint density at radius 2 is 1.91 bits per heavy atom. The van der Waals surface area contributed by atoms with Crippen molar-refractivity contribution in [3.63, 3.8) is 0 Å². The van der Waals surface area contributed by atoms with Crippen molar-refractivity contribution in [1.82, 2.24) is 10.2 Å². The van der Waals surface area contributed by atoms with Crippen molar-refractivity contribution in [3.05, 3.63) is 53.4 Å². The summed E-state index contributed by atoms with van der Waals surface area (Å²) in [6.07, 6.45) is 0. The molecule has 0 saturated heterocycles. The number of hydrogen-bond donors (Lipinski definition) is 3.